The number of benzene rings is 1. The number of rotatable bonds is 3. The highest BCUT2D eigenvalue weighted by Gasteiger charge is 2.16. The van der Waals surface area contributed by atoms with E-state index in [9.17, 15) is 17.6 Å². The van der Waals surface area contributed by atoms with Crippen LogP contribution in [0.1, 0.15) is 16.1 Å². The van der Waals surface area contributed by atoms with E-state index in [0.717, 1.165) is 18.2 Å². The minimum Gasteiger partial charge on any atom is -0.351 e. The van der Waals surface area contributed by atoms with Crippen molar-refractivity contribution in [2.24, 2.45) is 5.14 Å². The topological polar surface area (TPSA) is 115 Å². The zero-order valence-electron chi connectivity index (χ0n) is 10.3. The summed E-state index contributed by atoms with van der Waals surface area (Å²) in [6, 6.07) is 2.75. The summed E-state index contributed by atoms with van der Waals surface area (Å²) in [5, 5.41) is 10.6. The van der Waals surface area contributed by atoms with Gasteiger partial charge in [-0.3, -0.25) is 4.79 Å². The fraction of sp³-hybridized carbons (Fsp3) is 0.0909. The minimum atomic E-state index is -4.07. The molecule has 20 heavy (non-hydrogen) atoms. The standard InChI is InChI=1S/C11H10FN3O4S/c1-6-5-14-19-10(6)11(16)15-8-2-7(12)3-9(4-8)20(13,17)18/h2-5H,1H3,(H,15,16)(H2,13,17,18). The number of carbonyl (C=O) groups is 1. The van der Waals surface area contributed by atoms with Gasteiger partial charge in [-0.2, -0.15) is 0 Å². The van der Waals surface area contributed by atoms with Crippen LogP contribution in [-0.2, 0) is 10.0 Å². The summed E-state index contributed by atoms with van der Waals surface area (Å²) in [7, 11) is -4.07. The van der Waals surface area contributed by atoms with E-state index in [2.05, 4.69) is 10.5 Å². The molecule has 3 N–H and O–H groups in total. The fourth-order valence-electron chi connectivity index (χ4n) is 1.50. The number of hydrogen-bond acceptors (Lipinski definition) is 5. The number of nitrogens with two attached hydrogens (primary N) is 1. The summed E-state index contributed by atoms with van der Waals surface area (Å²) in [6.07, 6.45) is 1.34. The molecule has 1 amide bonds. The summed E-state index contributed by atoms with van der Waals surface area (Å²) in [5.74, 6) is -1.57. The van der Waals surface area contributed by atoms with Crippen LogP contribution in [0.3, 0.4) is 0 Å². The number of nitrogens with zero attached hydrogens (tertiary/aromatic N) is 1. The van der Waals surface area contributed by atoms with Crippen LogP contribution in [0.5, 0.6) is 0 Å². The maximum absolute atomic E-state index is 13.3. The molecular formula is C11H10FN3O4S. The fourth-order valence-corrected chi connectivity index (χ4v) is 2.06. The molecule has 1 aromatic heterocycles. The van der Waals surface area contributed by atoms with E-state index in [0.29, 0.717) is 5.56 Å². The molecule has 7 nitrogen and oxygen atoms in total. The van der Waals surface area contributed by atoms with Gasteiger partial charge in [0.15, 0.2) is 0 Å². The Morgan fingerprint density at radius 3 is 2.65 bits per heavy atom. The molecule has 2 aromatic rings. The summed E-state index contributed by atoms with van der Waals surface area (Å²) < 4.78 is 40.4. The minimum absolute atomic E-state index is 0.0496. The van der Waals surface area contributed by atoms with Gasteiger partial charge in [0.05, 0.1) is 11.1 Å². The molecule has 106 valence electrons. The Morgan fingerprint density at radius 2 is 2.10 bits per heavy atom. The van der Waals surface area contributed by atoms with Gasteiger partial charge in [-0.1, -0.05) is 5.16 Å². The van der Waals surface area contributed by atoms with Crippen molar-refractivity contribution in [1.82, 2.24) is 5.16 Å². The number of nitrogens with one attached hydrogen (secondary N) is 1. The number of aryl methyl sites for hydroxylation is 1. The molecule has 0 fully saturated rings. The third kappa shape index (κ3) is 3.00. The van der Waals surface area contributed by atoms with Crippen LogP contribution >= 0.6 is 0 Å². The predicted molar refractivity (Wildman–Crippen MR) is 67.0 cm³/mol. The molecule has 0 aliphatic rings. The smallest absolute Gasteiger partial charge is 0.294 e. The molecule has 1 aromatic carbocycles. The van der Waals surface area contributed by atoms with Crippen molar-refractivity contribution < 1.29 is 22.1 Å². The van der Waals surface area contributed by atoms with Crippen LogP contribution in [-0.4, -0.2) is 19.5 Å². The van der Waals surface area contributed by atoms with Gasteiger partial charge in [0, 0.05) is 11.3 Å². The first-order chi connectivity index (χ1) is 9.27. The summed E-state index contributed by atoms with van der Waals surface area (Å²) in [6.45, 7) is 1.60. The number of hydrogen-bond donors (Lipinski definition) is 2. The summed E-state index contributed by atoms with van der Waals surface area (Å²) in [5.41, 5.74) is 0.431. The third-order valence-electron chi connectivity index (χ3n) is 2.41. The first kappa shape index (κ1) is 14.2. The molecular weight excluding hydrogens is 289 g/mol. The highest BCUT2D eigenvalue weighted by Crippen LogP contribution is 2.18. The number of amides is 1. The lowest BCUT2D eigenvalue weighted by Crippen LogP contribution is -2.15. The number of aromatic nitrogens is 1. The molecule has 0 aliphatic heterocycles. The van der Waals surface area contributed by atoms with Crippen LogP contribution in [0, 0.1) is 12.7 Å². The number of primary sulfonamides is 1. The van der Waals surface area contributed by atoms with Crippen molar-refractivity contribution >= 4 is 21.6 Å². The van der Waals surface area contributed by atoms with E-state index >= 15 is 0 Å². The van der Waals surface area contributed by atoms with Crippen LogP contribution in [0.15, 0.2) is 33.8 Å². The summed E-state index contributed by atoms with van der Waals surface area (Å²) in [4.78, 5) is 11.4. The first-order valence-electron chi connectivity index (χ1n) is 5.33. The van der Waals surface area contributed by atoms with Gasteiger partial charge in [0.2, 0.25) is 15.8 Å². The van der Waals surface area contributed by atoms with Crippen LogP contribution in [0.4, 0.5) is 10.1 Å². The van der Waals surface area contributed by atoms with Gasteiger partial charge < -0.3 is 9.84 Å². The predicted octanol–water partition coefficient (Wildman–Crippen LogP) is 1.02. The molecule has 9 heteroatoms. The van der Waals surface area contributed by atoms with E-state index in [1.165, 1.54) is 6.20 Å². The molecule has 0 radical (unpaired) electrons. The number of anilines is 1. The van der Waals surface area contributed by atoms with Gasteiger partial charge in [0.25, 0.3) is 5.91 Å². The number of halogens is 1. The Morgan fingerprint density at radius 1 is 1.40 bits per heavy atom. The quantitative estimate of drug-likeness (QED) is 0.878. The van der Waals surface area contributed by atoms with Crippen LogP contribution < -0.4 is 10.5 Å². The highest BCUT2D eigenvalue weighted by atomic mass is 32.2. The molecule has 0 spiro atoms. The van der Waals surface area contributed by atoms with E-state index in [-0.39, 0.29) is 11.4 Å². The van der Waals surface area contributed by atoms with Crippen molar-refractivity contribution in [1.29, 1.82) is 0 Å². The molecule has 0 saturated heterocycles. The molecule has 0 atom stereocenters. The highest BCUT2D eigenvalue weighted by molar-refractivity contribution is 7.89. The first-order valence-corrected chi connectivity index (χ1v) is 6.88. The van der Waals surface area contributed by atoms with E-state index in [1.807, 2.05) is 0 Å². The largest absolute Gasteiger partial charge is 0.351 e. The second-order valence-corrected chi connectivity index (χ2v) is 5.57. The second-order valence-electron chi connectivity index (χ2n) is 4.01. The normalized spacial score (nSPS) is 11.3. The van der Waals surface area contributed by atoms with Gasteiger partial charge in [-0.15, -0.1) is 0 Å². The monoisotopic (exact) mass is 299 g/mol. The zero-order valence-corrected chi connectivity index (χ0v) is 11.1. The van der Waals surface area contributed by atoms with Crippen molar-refractivity contribution in [3.8, 4) is 0 Å². The van der Waals surface area contributed by atoms with Gasteiger partial charge in [-0.25, -0.2) is 17.9 Å². The molecule has 0 unspecified atom stereocenters. The van der Waals surface area contributed by atoms with E-state index in [4.69, 9.17) is 9.66 Å². The van der Waals surface area contributed by atoms with Crippen molar-refractivity contribution in [2.45, 2.75) is 11.8 Å². The average molecular weight is 299 g/mol. The van der Waals surface area contributed by atoms with Crippen molar-refractivity contribution in [3.05, 3.63) is 41.5 Å². The van der Waals surface area contributed by atoms with E-state index < -0.39 is 26.6 Å². The maximum Gasteiger partial charge on any atom is 0.294 e. The third-order valence-corrected chi connectivity index (χ3v) is 3.31. The Balaban J connectivity index is 2.33. The Labute approximate surface area is 113 Å². The lowest BCUT2D eigenvalue weighted by Gasteiger charge is -2.06. The van der Waals surface area contributed by atoms with Crippen molar-refractivity contribution in [3.63, 3.8) is 0 Å². The Kier molecular flexibility index (Phi) is 3.55. The number of carbonyl (C=O) groups excluding carboxylic acids is 1. The molecule has 1 heterocycles. The van der Waals surface area contributed by atoms with Crippen LogP contribution in [0.25, 0.3) is 0 Å². The van der Waals surface area contributed by atoms with E-state index in [1.54, 1.807) is 6.92 Å². The molecule has 0 aliphatic carbocycles. The lowest BCUT2D eigenvalue weighted by molar-refractivity contribution is 0.0987. The second kappa shape index (κ2) is 5.02. The maximum atomic E-state index is 13.3. The van der Waals surface area contributed by atoms with Crippen LogP contribution in [0.2, 0.25) is 0 Å². The SMILES string of the molecule is Cc1cnoc1C(=O)Nc1cc(F)cc(S(N)(=O)=O)c1. The average Bonchev–Trinajstić information content (AvgIpc) is 2.73. The molecule has 2 rings (SSSR count). The lowest BCUT2D eigenvalue weighted by atomic mass is 10.2. The van der Waals surface area contributed by atoms with Gasteiger partial charge in [-0.05, 0) is 25.1 Å². The Hall–Kier alpha value is -2.26. The molecule has 0 bridgehead atoms. The summed E-state index contributed by atoms with van der Waals surface area (Å²) >= 11 is 0. The Bertz CT molecular complexity index is 770. The molecule has 0 saturated carbocycles. The van der Waals surface area contributed by atoms with Gasteiger partial charge >= 0.3 is 0 Å². The van der Waals surface area contributed by atoms with Gasteiger partial charge in [0.1, 0.15) is 5.82 Å². The zero-order chi connectivity index (χ0) is 14.9. The van der Waals surface area contributed by atoms with Crippen molar-refractivity contribution in [2.75, 3.05) is 5.32 Å². The number of sulfonamides is 1.